The van der Waals surface area contributed by atoms with E-state index in [-0.39, 0.29) is 5.91 Å². The molecular weight excluding hydrogens is 296 g/mol. The molecule has 6 heteroatoms. The number of nitrogens with zero attached hydrogens (tertiary/aromatic N) is 1. The van der Waals surface area contributed by atoms with Crippen molar-refractivity contribution in [1.29, 1.82) is 0 Å². The molecule has 0 radical (unpaired) electrons. The van der Waals surface area contributed by atoms with Gasteiger partial charge in [-0.25, -0.2) is 0 Å². The Bertz CT molecular complexity index is 502. The zero-order chi connectivity index (χ0) is 16.7. The van der Waals surface area contributed by atoms with Crippen LogP contribution >= 0.6 is 0 Å². The molecule has 23 heavy (non-hydrogen) atoms. The van der Waals surface area contributed by atoms with Crippen molar-refractivity contribution in [1.82, 2.24) is 10.2 Å². The van der Waals surface area contributed by atoms with Crippen molar-refractivity contribution in [3.63, 3.8) is 0 Å². The van der Waals surface area contributed by atoms with Crippen molar-refractivity contribution in [2.45, 2.75) is 19.8 Å². The third-order valence-electron chi connectivity index (χ3n) is 3.91. The number of ether oxygens (including phenoxy) is 3. The third-order valence-corrected chi connectivity index (χ3v) is 3.91. The summed E-state index contributed by atoms with van der Waals surface area (Å²) >= 11 is 0. The van der Waals surface area contributed by atoms with Crippen LogP contribution in [-0.4, -0.2) is 57.8 Å². The van der Waals surface area contributed by atoms with Crippen LogP contribution in [0.1, 0.15) is 18.9 Å². The van der Waals surface area contributed by atoms with Gasteiger partial charge in [-0.1, -0.05) is 0 Å². The second kappa shape index (κ2) is 8.62. The fourth-order valence-electron chi connectivity index (χ4n) is 2.69. The Morgan fingerprint density at radius 3 is 2.30 bits per heavy atom. The maximum absolute atomic E-state index is 12.3. The summed E-state index contributed by atoms with van der Waals surface area (Å²) in [7, 11) is 3.21. The molecule has 1 aromatic carbocycles. The predicted octanol–water partition coefficient (Wildman–Crippen LogP) is 1.47. The van der Waals surface area contributed by atoms with Gasteiger partial charge in [0.2, 0.25) is 11.7 Å². The Morgan fingerprint density at radius 1 is 1.17 bits per heavy atom. The number of amides is 1. The molecule has 0 aromatic heterocycles. The van der Waals surface area contributed by atoms with Gasteiger partial charge in [-0.3, -0.25) is 4.79 Å². The van der Waals surface area contributed by atoms with Crippen LogP contribution in [0.4, 0.5) is 0 Å². The van der Waals surface area contributed by atoms with E-state index in [0.29, 0.717) is 36.7 Å². The highest BCUT2D eigenvalue weighted by atomic mass is 16.5. The van der Waals surface area contributed by atoms with Gasteiger partial charge in [-0.2, -0.15) is 0 Å². The first-order valence-corrected chi connectivity index (χ1v) is 8.05. The van der Waals surface area contributed by atoms with Crippen molar-refractivity contribution < 1.29 is 19.0 Å². The van der Waals surface area contributed by atoms with Crippen LogP contribution in [0, 0.1) is 0 Å². The highest BCUT2D eigenvalue weighted by molar-refractivity contribution is 5.76. The monoisotopic (exact) mass is 322 g/mol. The van der Waals surface area contributed by atoms with Crippen LogP contribution < -0.4 is 19.5 Å². The number of piperazine rings is 1. The minimum absolute atomic E-state index is 0.193. The van der Waals surface area contributed by atoms with Gasteiger partial charge in [-0.15, -0.1) is 0 Å². The van der Waals surface area contributed by atoms with Crippen LogP contribution in [0.5, 0.6) is 17.2 Å². The fourth-order valence-corrected chi connectivity index (χ4v) is 2.69. The van der Waals surface area contributed by atoms with Crippen molar-refractivity contribution in [2.75, 3.05) is 47.0 Å². The highest BCUT2D eigenvalue weighted by Crippen LogP contribution is 2.38. The van der Waals surface area contributed by atoms with Gasteiger partial charge in [0.05, 0.1) is 20.8 Å². The lowest BCUT2D eigenvalue weighted by molar-refractivity contribution is -0.131. The summed E-state index contributed by atoms with van der Waals surface area (Å²) < 4.78 is 16.4. The number of nitrogens with one attached hydrogen (secondary N) is 1. The quantitative estimate of drug-likeness (QED) is 0.824. The first kappa shape index (κ1) is 17.4. The largest absolute Gasteiger partial charge is 0.493 e. The van der Waals surface area contributed by atoms with Crippen molar-refractivity contribution in [3.05, 3.63) is 17.7 Å². The minimum Gasteiger partial charge on any atom is -0.493 e. The lowest BCUT2D eigenvalue weighted by atomic mass is 10.1. The molecule has 1 fully saturated rings. The Labute approximate surface area is 137 Å². The molecule has 0 spiro atoms. The molecule has 1 saturated heterocycles. The van der Waals surface area contributed by atoms with Crippen LogP contribution in [0.2, 0.25) is 0 Å². The van der Waals surface area contributed by atoms with E-state index in [1.54, 1.807) is 14.2 Å². The number of carbonyl (C=O) groups excluding carboxylic acids is 1. The molecule has 1 heterocycles. The smallest absolute Gasteiger partial charge is 0.222 e. The molecular formula is C17H26N2O4. The number of methoxy groups -OCH3 is 2. The molecule has 0 bridgehead atoms. The normalized spacial score (nSPS) is 14.5. The lowest BCUT2D eigenvalue weighted by Gasteiger charge is -2.27. The maximum Gasteiger partial charge on any atom is 0.222 e. The molecule has 128 valence electrons. The topological polar surface area (TPSA) is 60.0 Å². The van der Waals surface area contributed by atoms with Gasteiger partial charge in [0.25, 0.3) is 0 Å². The Balaban J connectivity index is 2.05. The number of hydrogen-bond donors (Lipinski definition) is 1. The molecule has 1 amide bonds. The van der Waals surface area contributed by atoms with E-state index < -0.39 is 0 Å². The molecule has 1 N–H and O–H groups in total. The summed E-state index contributed by atoms with van der Waals surface area (Å²) in [6.45, 7) is 5.77. The molecule has 2 rings (SSSR count). The van der Waals surface area contributed by atoms with E-state index in [4.69, 9.17) is 14.2 Å². The number of hydrogen-bond acceptors (Lipinski definition) is 5. The van der Waals surface area contributed by atoms with E-state index in [1.165, 1.54) is 0 Å². The van der Waals surface area contributed by atoms with Gasteiger partial charge in [0, 0.05) is 32.6 Å². The zero-order valence-corrected chi connectivity index (χ0v) is 14.2. The van der Waals surface area contributed by atoms with Crippen molar-refractivity contribution in [3.8, 4) is 17.2 Å². The van der Waals surface area contributed by atoms with Gasteiger partial charge in [0.15, 0.2) is 11.5 Å². The van der Waals surface area contributed by atoms with E-state index in [1.807, 2.05) is 24.0 Å². The van der Waals surface area contributed by atoms with Crippen molar-refractivity contribution >= 4 is 5.91 Å². The Kier molecular flexibility index (Phi) is 6.52. The maximum atomic E-state index is 12.3. The fraction of sp³-hybridized carbons (Fsp3) is 0.588. The molecule has 0 atom stereocenters. The van der Waals surface area contributed by atoms with E-state index in [2.05, 4.69) is 5.32 Å². The molecule has 0 saturated carbocycles. The number of benzene rings is 1. The van der Waals surface area contributed by atoms with Gasteiger partial charge in [-0.05, 0) is 31.0 Å². The zero-order valence-electron chi connectivity index (χ0n) is 14.2. The predicted molar refractivity (Wildman–Crippen MR) is 88.5 cm³/mol. The first-order valence-electron chi connectivity index (χ1n) is 8.05. The van der Waals surface area contributed by atoms with Crippen LogP contribution in [0.3, 0.4) is 0 Å². The molecule has 0 unspecified atom stereocenters. The lowest BCUT2D eigenvalue weighted by Crippen LogP contribution is -2.46. The van der Waals surface area contributed by atoms with Crippen LogP contribution in [-0.2, 0) is 11.2 Å². The summed E-state index contributed by atoms with van der Waals surface area (Å²) in [5.41, 5.74) is 1.01. The summed E-state index contributed by atoms with van der Waals surface area (Å²) in [6.07, 6.45) is 1.14. The number of carbonyl (C=O) groups is 1. The molecule has 6 nitrogen and oxygen atoms in total. The van der Waals surface area contributed by atoms with Crippen LogP contribution in [0.15, 0.2) is 12.1 Å². The Morgan fingerprint density at radius 2 is 1.78 bits per heavy atom. The average Bonchev–Trinajstić information content (AvgIpc) is 2.61. The average molecular weight is 322 g/mol. The van der Waals surface area contributed by atoms with E-state index in [9.17, 15) is 4.79 Å². The second-order valence-electron chi connectivity index (χ2n) is 5.39. The SMILES string of the molecule is CCOc1c(OC)cc(CCC(=O)N2CCNCC2)cc1OC. The summed E-state index contributed by atoms with van der Waals surface area (Å²) in [5.74, 6) is 2.07. The summed E-state index contributed by atoms with van der Waals surface area (Å²) in [4.78, 5) is 14.2. The van der Waals surface area contributed by atoms with Gasteiger partial charge < -0.3 is 24.4 Å². The van der Waals surface area contributed by atoms with Crippen molar-refractivity contribution in [2.24, 2.45) is 0 Å². The molecule has 0 aliphatic carbocycles. The van der Waals surface area contributed by atoms with Gasteiger partial charge in [0.1, 0.15) is 0 Å². The van der Waals surface area contributed by atoms with Gasteiger partial charge >= 0.3 is 0 Å². The van der Waals surface area contributed by atoms with E-state index in [0.717, 1.165) is 31.7 Å². The third kappa shape index (κ3) is 4.51. The molecule has 1 aliphatic rings. The number of rotatable bonds is 7. The molecule has 1 aromatic rings. The second-order valence-corrected chi connectivity index (χ2v) is 5.39. The highest BCUT2D eigenvalue weighted by Gasteiger charge is 2.18. The summed E-state index contributed by atoms with van der Waals surface area (Å²) in [5, 5.41) is 3.25. The number of aryl methyl sites for hydroxylation is 1. The summed E-state index contributed by atoms with van der Waals surface area (Å²) in [6, 6.07) is 3.83. The minimum atomic E-state index is 0.193. The molecule has 1 aliphatic heterocycles. The first-order chi connectivity index (χ1) is 11.2. The Hall–Kier alpha value is -1.95. The standard InChI is InChI=1S/C17H26N2O4/c1-4-23-17-14(21-2)11-13(12-15(17)22-3)5-6-16(20)19-9-7-18-8-10-19/h11-12,18H,4-10H2,1-3H3. The van der Waals surface area contributed by atoms with E-state index >= 15 is 0 Å². The van der Waals surface area contributed by atoms with Crippen LogP contribution in [0.25, 0.3) is 0 Å².